The molecule has 0 saturated carbocycles. The second-order valence-electron chi connectivity index (χ2n) is 9.02. The molecule has 0 unspecified atom stereocenters. The summed E-state index contributed by atoms with van der Waals surface area (Å²) in [5.74, 6) is -1.48. The third kappa shape index (κ3) is 5.52. The van der Waals surface area contributed by atoms with Gasteiger partial charge in [-0.25, -0.2) is 18.2 Å². The van der Waals surface area contributed by atoms with E-state index in [1.54, 1.807) is 12.1 Å². The smallest absolute Gasteiger partial charge is 0.264 e. The van der Waals surface area contributed by atoms with Crippen molar-refractivity contribution in [3.05, 3.63) is 113 Å². The largest absolute Gasteiger partial charge is 0.318 e. The van der Waals surface area contributed by atoms with Crippen molar-refractivity contribution >= 4 is 27.8 Å². The molecule has 1 heterocycles. The van der Waals surface area contributed by atoms with Gasteiger partial charge in [0, 0.05) is 22.6 Å². The van der Waals surface area contributed by atoms with Gasteiger partial charge in [-0.1, -0.05) is 48.0 Å². The summed E-state index contributed by atoms with van der Waals surface area (Å²) in [5.41, 5.74) is 7.92. The van der Waals surface area contributed by atoms with Crippen molar-refractivity contribution in [2.75, 3.05) is 10.8 Å². The van der Waals surface area contributed by atoms with Crippen molar-refractivity contribution < 1.29 is 17.6 Å². The van der Waals surface area contributed by atoms with Crippen LogP contribution in [0.3, 0.4) is 0 Å². The maximum absolute atomic E-state index is 14.7. The number of rotatable bonds is 8. The Morgan fingerprint density at radius 2 is 1.63 bits per heavy atom. The Morgan fingerprint density at radius 3 is 2.32 bits per heavy atom. The Morgan fingerprint density at radius 1 is 0.974 bits per heavy atom. The number of hydrazone groups is 1. The van der Waals surface area contributed by atoms with Crippen LogP contribution >= 0.6 is 0 Å². The van der Waals surface area contributed by atoms with Gasteiger partial charge in [0.1, 0.15) is 12.4 Å². The number of anilines is 1. The first-order valence-electron chi connectivity index (χ1n) is 12.0. The lowest BCUT2D eigenvalue weighted by molar-refractivity contribution is -0.119. The molecule has 38 heavy (non-hydrogen) atoms. The molecule has 0 aliphatic rings. The molecule has 0 atom stereocenters. The highest BCUT2D eigenvalue weighted by Gasteiger charge is 2.29. The zero-order chi connectivity index (χ0) is 27.4. The van der Waals surface area contributed by atoms with Gasteiger partial charge in [0.2, 0.25) is 0 Å². The van der Waals surface area contributed by atoms with E-state index in [0.717, 1.165) is 44.1 Å². The fraction of sp³-hybridized carbons (Fsp3) is 0.172. The molecule has 3 aromatic carbocycles. The number of amides is 1. The highest BCUT2D eigenvalue weighted by Crippen LogP contribution is 2.26. The van der Waals surface area contributed by atoms with Crippen LogP contribution < -0.4 is 9.73 Å². The van der Waals surface area contributed by atoms with Gasteiger partial charge in [0.05, 0.1) is 16.8 Å². The van der Waals surface area contributed by atoms with Crippen molar-refractivity contribution in [3.8, 4) is 5.69 Å². The summed E-state index contributed by atoms with van der Waals surface area (Å²) < 4.78 is 44.3. The summed E-state index contributed by atoms with van der Waals surface area (Å²) >= 11 is 0. The Hall–Kier alpha value is -4.24. The lowest BCUT2D eigenvalue weighted by atomic mass is 10.2. The van der Waals surface area contributed by atoms with Gasteiger partial charge < -0.3 is 4.57 Å². The average molecular weight is 533 g/mol. The van der Waals surface area contributed by atoms with Gasteiger partial charge in [-0.3, -0.25) is 9.10 Å². The molecular formula is C29H29FN4O3S. The summed E-state index contributed by atoms with van der Waals surface area (Å²) in [6.07, 6.45) is 1.51. The average Bonchev–Trinajstić information content (AvgIpc) is 3.16. The van der Waals surface area contributed by atoms with Crippen molar-refractivity contribution in [1.82, 2.24) is 9.99 Å². The number of nitrogens with one attached hydrogen (secondary N) is 1. The molecule has 9 heteroatoms. The summed E-state index contributed by atoms with van der Waals surface area (Å²) in [6.45, 7) is 7.15. The third-order valence-electron chi connectivity index (χ3n) is 6.24. The summed E-state index contributed by atoms with van der Waals surface area (Å²) in [4.78, 5) is 12.8. The van der Waals surface area contributed by atoms with Gasteiger partial charge in [-0.05, 0) is 69.7 Å². The number of aromatic nitrogens is 1. The quantitative estimate of drug-likeness (QED) is 0.250. The summed E-state index contributed by atoms with van der Waals surface area (Å²) in [5, 5.41) is 4.06. The van der Waals surface area contributed by atoms with Gasteiger partial charge in [0.15, 0.2) is 0 Å². The maximum atomic E-state index is 14.7. The van der Waals surface area contributed by atoms with Crippen LogP contribution in [0.15, 0.2) is 88.9 Å². The molecule has 4 rings (SSSR count). The Kier molecular flexibility index (Phi) is 7.78. The van der Waals surface area contributed by atoms with Crippen LogP contribution in [0.2, 0.25) is 0 Å². The van der Waals surface area contributed by atoms with Crippen molar-refractivity contribution in [2.24, 2.45) is 5.10 Å². The predicted molar refractivity (Wildman–Crippen MR) is 148 cm³/mol. The number of nitrogens with zero attached hydrogens (tertiary/aromatic N) is 3. The number of carbonyl (C=O) groups is 1. The molecule has 4 aromatic rings. The number of carbonyl (C=O) groups excluding carboxylic acids is 1. The zero-order valence-corrected chi connectivity index (χ0v) is 22.5. The highest BCUT2D eigenvalue weighted by molar-refractivity contribution is 7.92. The number of hydrogen-bond acceptors (Lipinski definition) is 4. The third-order valence-corrected chi connectivity index (χ3v) is 8.01. The second-order valence-corrected chi connectivity index (χ2v) is 10.9. The minimum absolute atomic E-state index is 0.0497. The lowest BCUT2D eigenvalue weighted by Gasteiger charge is -2.24. The molecular weight excluding hydrogens is 503 g/mol. The standard InChI is InChI=1S/C29H29FN4O3S/c1-20-13-15-25(16-14-20)38(36,37)33(28-12-8-6-10-26(28)30)19-29(35)32-31-18-24-17-22(3)34(23(24)4)27-11-7-5-9-21(27)2/h5-18H,19H2,1-4H3,(H,32,35)/b31-18-. The van der Waals surface area contributed by atoms with Crippen molar-refractivity contribution in [2.45, 2.75) is 32.6 Å². The summed E-state index contributed by atoms with van der Waals surface area (Å²) in [6, 6.07) is 21.5. The number of benzene rings is 3. The van der Waals surface area contributed by atoms with Crippen LogP contribution in [0.1, 0.15) is 28.1 Å². The SMILES string of the molecule is Cc1ccc(S(=O)(=O)N(CC(=O)N/N=C\c2cc(C)n(-c3ccccc3C)c2C)c2ccccc2F)cc1. The molecule has 7 nitrogen and oxygen atoms in total. The number of halogens is 1. The topological polar surface area (TPSA) is 83.8 Å². The van der Waals surface area contributed by atoms with Crippen molar-refractivity contribution in [3.63, 3.8) is 0 Å². The highest BCUT2D eigenvalue weighted by atomic mass is 32.2. The monoisotopic (exact) mass is 532 g/mol. The Labute approximate surface area is 222 Å². The van der Waals surface area contributed by atoms with E-state index in [4.69, 9.17) is 0 Å². The van der Waals surface area contributed by atoms with E-state index in [2.05, 4.69) is 15.1 Å². The number of para-hydroxylation sites is 2. The Balaban J connectivity index is 1.57. The van der Waals surface area contributed by atoms with E-state index in [9.17, 15) is 17.6 Å². The number of hydrogen-bond donors (Lipinski definition) is 1. The van der Waals surface area contributed by atoms with Gasteiger partial charge in [0.25, 0.3) is 15.9 Å². The molecule has 1 amide bonds. The predicted octanol–water partition coefficient (Wildman–Crippen LogP) is 5.20. The van der Waals surface area contributed by atoms with Gasteiger partial charge in [-0.2, -0.15) is 5.10 Å². The molecule has 0 aliphatic carbocycles. The van der Waals surface area contributed by atoms with Crippen LogP contribution in [-0.4, -0.2) is 31.7 Å². The molecule has 0 saturated heterocycles. The molecule has 0 aliphatic heterocycles. The zero-order valence-electron chi connectivity index (χ0n) is 21.6. The van der Waals surface area contributed by atoms with Crippen LogP contribution in [0, 0.1) is 33.5 Å². The first-order valence-corrected chi connectivity index (χ1v) is 13.4. The molecule has 1 aromatic heterocycles. The van der Waals surface area contributed by atoms with Crippen LogP contribution in [0.5, 0.6) is 0 Å². The van der Waals surface area contributed by atoms with Crippen molar-refractivity contribution in [1.29, 1.82) is 0 Å². The maximum Gasteiger partial charge on any atom is 0.264 e. The lowest BCUT2D eigenvalue weighted by Crippen LogP contribution is -2.40. The van der Waals surface area contributed by atoms with Crippen LogP contribution in [0.4, 0.5) is 10.1 Å². The van der Waals surface area contributed by atoms with E-state index in [0.29, 0.717) is 0 Å². The summed E-state index contributed by atoms with van der Waals surface area (Å²) in [7, 11) is -4.23. The van der Waals surface area contributed by atoms with Crippen LogP contribution in [0.25, 0.3) is 5.69 Å². The number of sulfonamides is 1. The van der Waals surface area contributed by atoms with Crippen LogP contribution in [-0.2, 0) is 14.8 Å². The van der Waals surface area contributed by atoms with E-state index in [1.165, 1.54) is 36.5 Å². The molecule has 0 spiro atoms. The van der Waals surface area contributed by atoms with E-state index in [-0.39, 0.29) is 10.6 Å². The minimum Gasteiger partial charge on any atom is -0.318 e. The first kappa shape index (κ1) is 26.8. The Bertz CT molecular complexity index is 1610. The molecule has 196 valence electrons. The molecule has 0 fully saturated rings. The normalized spacial score (nSPS) is 11.6. The molecule has 0 bridgehead atoms. The fourth-order valence-corrected chi connectivity index (χ4v) is 5.66. The molecule has 0 radical (unpaired) electrons. The fourth-order valence-electron chi connectivity index (χ4n) is 4.23. The minimum atomic E-state index is -4.23. The number of aryl methyl sites for hydroxylation is 3. The second kappa shape index (κ2) is 11.0. The van der Waals surface area contributed by atoms with E-state index < -0.39 is 28.3 Å². The van der Waals surface area contributed by atoms with E-state index >= 15 is 0 Å². The van der Waals surface area contributed by atoms with Gasteiger partial charge >= 0.3 is 0 Å². The van der Waals surface area contributed by atoms with E-state index in [1.807, 2.05) is 58.0 Å². The first-order chi connectivity index (χ1) is 18.1. The molecule has 1 N–H and O–H groups in total. The van der Waals surface area contributed by atoms with Gasteiger partial charge in [-0.15, -0.1) is 0 Å².